The lowest BCUT2D eigenvalue weighted by Gasteiger charge is -2.43. The lowest BCUT2D eigenvalue weighted by Crippen LogP contribution is -2.50. The van der Waals surface area contributed by atoms with Gasteiger partial charge in [-0.3, -0.25) is 9.80 Å². The standard InChI is InChI=1S/C18H27N5OS/c1-15-3-4-17(25-15)11-22-6-2-5-18(12-22)13-23(7-8-24-14-18)10-16-9-19-21-20-16/h3-4,9H,2,5-8,10-14H2,1H3,(H,19,20,21)/t18-/m1/s1. The molecule has 0 aromatic carbocycles. The number of aromatic nitrogens is 3. The molecule has 25 heavy (non-hydrogen) atoms. The third-order valence-corrected chi connectivity index (χ3v) is 6.27. The second-order valence-corrected chi connectivity index (χ2v) is 8.92. The number of likely N-dealkylation sites (tertiary alicyclic amines) is 1. The summed E-state index contributed by atoms with van der Waals surface area (Å²) in [5.41, 5.74) is 1.25. The van der Waals surface area contributed by atoms with Crippen molar-refractivity contribution >= 4 is 11.3 Å². The van der Waals surface area contributed by atoms with Crippen LogP contribution in [0, 0.1) is 12.3 Å². The SMILES string of the molecule is Cc1ccc(CN2CCC[C@@]3(COCCN(Cc4cn[nH]n4)C3)C2)s1. The molecule has 7 heteroatoms. The molecular formula is C18H27N5OS. The van der Waals surface area contributed by atoms with E-state index < -0.39 is 0 Å². The highest BCUT2D eigenvalue weighted by atomic mass is 32.1. The molecule has 1 N–H and O–H groups in total. The van der Waals surface area contributed by atoms with Crippen LogP contribution >= 0.6 is 11.3 Å². The van der Waals surface area contributed by atoms with Crippen molar-refractivity contribution in [1.82, 2.24) is 25.2 Å². The molecule has 0 aliphatic carbocycles. The first kappa shape index (κ1) is 17.1. The van der Waals surface area contributed by atoms with Crippen molar-refractivity contribution < 1.29 is 4.74 Å². The number of hydrogen-bond acceptors (Lipinski definition) is 6. The van der Waals surface area contributed by atoms with Crippen LogP contribution in [0.5, 0.6) is 0 Å². The summed E-state index contributed by atoms with van der Waals surface area (Å²) in [6.45, 7) is 10.2. The molecule has 2 fully saturated rings. The number of thiophene rings is 1. The van der Waals surface area contributed by atoms with Crippen LogP contribution in [0.15, 0.2) is 18.3 Å². The fraction of sp³-hybridized carbons (Fsp3) is 0.667. The molecule has 2 aliphatic rings. The Hall–Kier alpha value is -1.28. The maximum atomic E-state index is 6.03. The van der Waals surface area contributed by atoms with Crippen molar-refractivity contribution in [3.8, 4) is 0 Å². The fourth-order valence-electron chi connectivity index (χ4n) is 4.23. The lowest BCUT2D eigenvalue weighted by molar-refractivity contribution is 0.00272. The van der Waals surface area contributed by atoms with Gasteiger partial charge in [0.25, 0.3) is 0 Å². The zero-order valence-electron chi connectivity index (χ0n) is 14.9. The van der Waals surface area contributed by atoms with Gasteiger partial charge >= 0.3 is 0 Å². The number of H-pyrrole nitrogens is 1. The molecule has 1 atom stereocenters. The van der Waals surface area contributed by atoms with Crippen molar-refractivity contribution in [3.63, 3.8) is 0 Å². The Morgan fingerprint density at radius 2 is 2.12 bits per heavy atom. The van der Waals surface area contributed by atoms with E-state index in [2.05, 4.69) is 44.3 Å². The molecule has 0 saturated carbocycles. The van der Waals surface area contributed by atoms with Gasteiger partial charge in [-0.25, -0.2) is 0 Å². The van der Waals surface area contributed by atoms with Gasteiger partial charge < -0.3 is 4.74 Å². The minimum atomic E-state index is 0.241. The Balaban J connectivity index is 1.42. The minimum Gasteiger partial charge on any atom is -0.379 e. The highest BCUT2D eigenvalue weighted by Gasteiger charge is 2.39. The molecule has 4 rings (SSSR count). The largest absolute Gasteiger partial charge is 0.379 e. The normalized spacial score (nSPS) is 26.1. The number of piperidine rings is 1. The van der Waals surface area contributed by atoms with E-state index in [1.54, 1.807) is 0 Å². The maximum Gasteiger partial charge on any atom is 0.0964 e. The zero-order chi connectivity index (χ0) is 17.1. The van der Waals surface area contributed by atoms with E-state index in [1.165, 1.54) is 29.1 Å². The zero-order valence-corrected chi connectivity index (χ0v) is 15.7. The summed E-state index contributed by atoms with van der Waals surface area (Å²) in [5.74, 6) is 0. The summed E-state index contributed by atoms with van der Waals surface area (Å²) in [4.78, 5) is 7.99. The average Bonchev–Trinajstić information content (AvgIpc) is 3.19. The Kier molecular flexibility index (Phi) is 5.17. The van der Waals surface area contributed by atoms with Crippen LogP contribution in [0.2, 0.25) is 0 Å². The van der Waals surface area contributed by atoms with Crippen LogP contribution in [0.25, 0.3) is 0 Å². The Labute approximate surface area is 153 Å². The third kappa shape index (κ3) is 4.28. The fourth-order valence-corrected chi connectivity index (χ4v) is 5.16. The number of aromatic amines is 1. The summed E-state index contributed by atoms with van der Waals surface area (Å²) in [7, 11) is 0. The predicted molar refractivity (Wildman–Crippen MR) is 98.5 cm³/mol. The van der Waals surface area contributed by atoms with Gasteiger partial charge in [0.2, 0.25) is 0 Å². The van der Waals surface area contributed by atoms with Gasteiger partial charge in [0, 0.05) is 47.9 Å². The van der Waals surface area contributed by atoms with E-state index in [0.717, 1.165) is 51.6 Å². The lowest BCUT2D eigenvalue weighted by atomic mass is 9.80. The number of nitrogens with one attached hydrogen (secondary N) is 1. The van der Waals surface area contributed by atoms with Gasteiger partial charge in [0.15, 0.2) is 0 Å². The Bertz CT molecular complexity index is 673. The maximum absolute atomic E-state index is 6.03. The van der Waals surface area contributed by atoms with Gasteiger partial charge in [-0.1, -0.05) is 0 Å². The topological polar surface area (TPSA) is 57.3 Å². The molecule has 0 amide bonds. The van der Waals surface area contributed by atoms with Gasteiger partial charge in [-0.15, -0.1) is 11.3 Å². The van der Waals surface area contributed by atoms with Crippen molar-refractivity contribution in [1.29, 1.82) is 0 Å². The second kappa shape index (κ2) is 7.53. The number of hydrogen-bond donors (Lipinski definition) is 1. The highest BCUT2D eigenvalue weighted by Crippen LogP contribution is 2.34. The van der Waals surface area contributed by atoms with Gasteiger partial charge in [-0.05, 0) is 38.4 Å². The van der Waals surface area contributed by atoms with E-state index in [9.17, 15) is 0 Å². The summed E-state index contributed by atoms with van der Waals surface area (Å²) < 4.78 is 6.03. The van der Waals surface area contributed by atoms with Gasteiger partial charge in [-0.2, -0.15) is 15.4 Å². The molecule has 0 bridgehead atoms. The van der Waals surface area contributed by atoms with Crippen molar-refractivity contribution in [2.75, 3.05) is 39.4 Å². The first-order valence-electron chi connectivity index (χ1n) is 9.13. The van der Waals surface area contributed by atoms with Crippen LogP contribution in [0.4, 0.5) is 0 Å². The highest BCUT2D eigenvalue weighted by molar-refractivity contribution is 7.11. The van der Waals surface area contributed by atoms with Gasteiger partial charge in [0.1, 0.15) is 0 Å². The molecule has 2 aliphatic heterocycles. The number of ether oxygens (including phenoxy) is 1. The first-order chi connectivity index (χ1) is 12.2. The first-order valence-corrected chi connectivity index (χ1v) is 9.95. The molecular weight excluding hydrogens is 334 g/mol. The summed E-state index contributed by atoms with van der Waals surface area (Å²) in [6.07, 6.45) is 4.33. The van der Waals surface area contributed by atoms with Crippen LogP contribution in [0.1, 0.15) is 28.3 Å². The van der Waals surface area contributed by atoms with Crippen molar-refractivity contribution in [2.24, 2.45) is 5.41 Å². The van der Waals surface area contributed by atoms with E-state index in [-0.39, 0.29) is 5.41 Å². The number of aryl methyl sites for hydroxylation is 1. The predicted octanol–water partition coefficient (Wildman–Crippen LogP) is 2.29. The van der Waals surface area contributed by atoms with E-state index in [0.29, 0.717) is 0 Å². The van der Waals surface area contributed by atoms with Crippen molar-refractivity contribution in [2.45, 2.75) is 32.9 Å². The van der Waals surface area contributed by atoms with Gasteiger partial charge in [0.05, 0.1) is 25.1 Å². The van der Waals surface area contributed by atoms with Crippen LogP contribution < -0.4 is 0 Å². The second-order valence-electron chi connectivity index (χ2n) is 7.55. The summed E-state index contributed by atoms with van der Waals surface area (Å²) in [6, 6.07) is 4.51. The molecule has 1 spiro atoms. The number of rotatable bonds is 4. The molecule has 2 saturated heterocycles. The average molecular weight is 362 g/mol. The molecule has 6 nitrogen and oxygen atoms in total. The Morgan fingerprint density at radius 3 is 2.88 bits per heavy atom. The van der Waals surface area contributed by atoms with E-state index in [4.69, 9.17) is 4.74 Å². The van der Waals surface area contributed by atoms with Crippen LogP contribution in [-0.2, 0) is 17.8 Å². The van der Waals surface area contributed by atoms with E-state index >= 15 is 0 Å². The number of nitrogens with zero attached hydrogens (tertiary/aromatic N) is 4. The third-order valence-electron chi connectivity index (χ3n) is 5.29. The molecule has 136 valence electrons. The molecule has 2 aromatic rings. The van der Waals surface area contributed by atoms with Crippen LogP contribution in [0.3, 0.4) is 0 Å². The quantitative estimate of drug-likeness (QED) is 0.905. The molecule has 2 aromatic heterocycles. The van der Waals surface area contributed by atoms with Crippen molar-refractivity contribution in [3.05, 3.63) is 33.8 Å². The monoisotopic (exact) mass is 361 g/mol. The Morgan fingerprint density at radius 1 is 1.24 bits per heavy atom. The van der Waals surface area contributed by atoms with E-state index in [1.807, 2.05) is 17.5 Å². The smallest absolute Gasteiger partial charge is 0.0964 e. The molecule has 0 unspecified atom stereocenters. The molecule has 0 radical (unpaired) electrons. The minimum absolute atomic E-state index is 0.241. The van der Waals surface area contributed by atoms with Crippen LogP contribution in [-0.4, -0.2) is 64.6 Å². The molecule has 4 heterocycles. The summed E-state index contributed by atoms with van der Waals surface area (Å²) in [5, 5.41) is 10.9. The summed E-state index contributed by atoms with van der Waals surface area (Å²) >= 11 is 1.92.